The average molecular weight is 693 g/mol. The number of carboxylic acids is 1. The molecule has 48 heavy (non-hydrogen) atoms. The summed E-state index contributed by atoms with van der Waals surface area (Å²) in [6.45, 7) is 1.81. The number of carbonyl (C=O) groups is 1. The van der Waals surface area contributed by atoms with Gasteiger partial charge in [0.1, 0.15) is 6.04 Å². The van der Waals surface area contributed by atoms with Gasteiger partial charge < -0.3 is 15.3 Å². The predicted octanol–water partition coefficient (Wildman–Crippen LogP) is 8.11. The minimum atomic E-state index is -5.19. The third kappa shape index (κ3) is 7.64. The van der Waals surface area contributed by atoms with Gasteiger partial charge in [-0.2, -0.15) is 44.3 Å². The number of aromatic nitrogens is 4. The predicted molar refractivity (Wildman–Crippen MR) is 155 cm³/mol. The van der Waals surface area contributed by atoms with Gasteiger partial charge in [-0.3, -0.25) is 4.79 Å². The number of carboxylic acid groups (broad SMARTS) is 1. The normalized spacial score (nSPS) is 22.6. The number of nitrogens with one attached hydrogen (secondary N) is 1. The van der Waals surface area contributed by atoms with Crippen LogP contribution in [-0.2, 0) is 30.4 Å². The number of hydrogen-bond donors (Lipinski definition) is 2. The summed E-state index contributed by atoms with van der Waals surface area (Å²) in [6.07, 6.45) is -12.2. The van der Waals surface area contributed by atoms with Gasteiger partial charge in [0.05, 0.1) is 41.2 Å². The van der Waals surface area contributed by atoms with Crippen molar-refractivity contribution in [2.75, 3.05) is 10.2 Å². The minimum Gasteiger partial charge on any atom is -0.481 e. The number of rotatable bonds is 8. The summed E-state index contributed by atoms with van der Waals surface area (Å²) >= 11 is 0. The van der Waals surface area contributed by atoms with Crippen LogP contribution in [0.2, 0.25) is 0 Å². The fourth-order valence-corrected chi connectivity index (χ4v) is 6.93. The molecule has 0 spiro atoms. The van der Waals surface area contributed by atoms with E-state index in [1.165, 1.54) is 18.0 Å². The van der Waals surface area contributed by atoms with E-state index in [1.54, 1.807) is 0 Å². The molecule has 1 aliphatic heterocycles. The lowest BCUT2D eigenvalue weighted by Gasteiger charge is -2.49. The average Bonchev–Trinajstić information content (AvgIpc) is 3.42. The van der Waals surface area contributed by atoms with Gasteiger partial charge in [0.15, 0.2) is 0 Å². The second-order valence-corrected chi connectivity index (χ2v) is 12.5. The molecule has 8 nitrogen and oxygen atoms in total. The summed E-state index contributed by atoms with van der Waals surface area (Å²) in [6, 6.07) is 1.06. The van der Waals surface area contributed by atoms with E-state index in [1.807, 2.05) is 6.92 Å². The molecule has 0 saturated heterocycles. The quantitative estimate of drug-likeness (QED) is 0.231. The van der Waals surface area contributed by atoms with E-state index >= 15 is 0 Å². The summed E-state index contributed by atoms with van der Waals surface area (Å²) in [5.74, 6) is -1.35. The number of anilines is 2. The Morgan fingerprint density at radius 2 is 1.48 bits per heavy atom. The first-order valence-electron chi connectivity index (χ1n) is 15.4. The first-order valence-corrected chi connectivity index (χ1v) is 15.4. The number of aryl methyl sites for hydroxylation is 1. The van der Waals surface area contributed by atoms with E-state index < -0.39 is 64.9 Å². The van der Waals surface area contributed by atoms with E-state index in [4.69, 9.17) is 0 Å². The Morgan fingerprint density at radius 1 is 0.896 bits per heavy atom. The maximum absolute atomic E-state index is 14.1. The molecule has 5 rings (SSSR count). The van der Waals surface area contributed by atoms with E-state index in [-0.39, 0.29) is 41.5 Å². The van der Waals surface area contributed by atoms with Gasteiger partial charge in [-0.05, 0) is 84.7 Å². The molecule has 3 atom stereocenters. The molecule has 0 amide bonds. The van der Waals surface area contributed by atoms with Crippen LogP contribution in [0.4, 0.5) is 50.9 Å². The molecule has 2 aliphatic rings. The monoisotopic (exact) mass is 692 g/mol. The topological polar surface area (TPSA) is 96.2 Å². The maximum Gasteiger partial charge on any atom is 0.416 e. The van der Waals surface area contributed by atoms with Gasteiger partial charge >= 0.3 is 24.5 Å². The van der Waals surface area contributed by atoms with Crippen LogP contribution in [0.3, 0.4) is 0 Å². The highest BCUT2D eigenvalue weighted by Gasteiger charge is 2.45. The van der Waals surface area contributed by atoms with Crippen LogP contribution in [0.15, 0.2) is 36.4 Å². The Labute approximate surface area is 269 Å². The third-order valence-electron chi connectivity index (χ3n) is 9.18. The molecule has 0 radical (unpaired) electrons. The molecule has 1 aromatic heterocycles. The number of benzene rings is 2. The second-order valence-electron chi connectivity index (χ2n) is 12.5. The molecule has 2 aromatic carbocycles. The molecule has 2 heterocycles. The zero-order valence-corrected chi connectivity index (χ0v) is 25.8. The highest BCUT2D eigenvalue weighted by molar-refractivity contribution is 5.76. The lowest BCUT2D eigenvalue weighted by Crippen LogP contribution is -2.53. The molecule has 1 unspecified atom stereocenters. The Kier molecular flexibility index (Phi) is 9.63. The van der Waals surface area contributed by atoms with E-state index in [9.17, 15) is 49.4 Å². The van der Waals surface area contributed by atoms with Crippen molar-refractivity contribution >= 4 is 17.3 Å². The van der Waals surface area contributed by atoms with Crippen molar-refractivity contribution < 1.29 is 49.4 Å². The van der Waals surface area contributed by atoms with E-state index in [0.717, 1.165) is 16.9 Å². The summed E-state index contributed by atoms with van der Waals surface area (Å²) < 4.78 is 127. The maximum atomic E-state index is 14.1. The van der Waals surface area contributed by atoms with Crippen LogP contribution in [0, 0.1) is 11.8 Å². The highest BCUT2D eigenvalue weighted by atomic mass is 19.4. The van der Waals surface area contributed by atoms with E-state index in [2.05, 4.69) is 20.7 Å². The van der Waals surface area contributed by atoms with Crippen molar-refractivity contribution in [2.45, 2.75) is 88.5 Å². The van der Waals surface area contributed by atoms with Crippen LogP contribution in [-0.4, -0.2) is 43.4 Å². The molecule has 1 fully saturated rings. The van der Waals surface area contributed by atoms with Gasteiger partial charge in [-0.15, -0.1) is 10.2 Å². The zero-order valence-electron chi connectivity index (χ0n) is 25.8. The van der Waals surface area contributed by atoms with Crippen molar-refractivity contribution in [3.8, 4) is 0 Å². The smallest absolute Gasteiger partial charge is 0.416 e. The molecule has 1 saturated carbocycles. The molecule has 0 bridgehead atoms. The minimum absolute atomic E-state index is 0.00743. The molecule has 17 heteroatoms. The van der Waals surface area contributed by atoms with Crippen LogP contribution < -0.4 is 10.2 Å². The van der Waals surface area contributed by atoms with Gasteiger partial charge in [0.25, 0.3) is 0 Å². The molecule has 262 valence electrons. The van der Waals surface area contributed by atoms with Crippen molar-refractivity contribution in [2.24, 2.45) is 18.9 Å². The van der Waals surface area contributed by atoms with Crippen molar-refractivity contribution in [1.29, 1.82) is 0 Å². The Morgan fingerprint density at radius 3 is 1.98 bits per heavy atom. The van der Waals surface area contributed by atoms with Gasteiger partial charge in [0, 0.05) is 12.5 Å². The fraction of sp³-hybridized carbons (Fsp3) is 0.548. The summed E-state index contributed by atoms with van der Waals surface area (Å²) in [4.78, 5) is 13.7. The SMILES string of the molecule is CC[C@H]1Nc2ccc(C(F)(F)F)cc2N(C(c2cc(C(F)(F)F)cc(C(F)(F)F)c2)c2nnn(C)n2)[C@@H]1CC1CCC(CC(=O)O)CC1. The number of fused-ring (bicyclic) bond motifs is 1. The summed E-state index contributed by atoms with van der Waals surface area (Å²) in [5.41, 5.74) is -4.68. The van der Waals surface area contributed by atoms with Crippen molar-refractivity contribution in [1.82, 2.24) is 20.2 Å². The van der Waals surface area contributed by atoms with Crippen LogP contribution in [0.1, 0.15) is 86.0 Å². The Balaban J connectivity index is 1.72. The number of nitrogens with zero attached hydrogens (tertiary/aromatic N) is 5. The second kappa shape index (κ2) is 13.1. The standard InChI is InChI=1S/C31H33F9N6O2/c1-3-22-24(10-16-4-6-17(7-5-16)11-26(47)48)46(25-15-19(29(32,33)34)8-9-23(25)41-22)27(28-42-44-45(2)43-28)18-12-20(30(35,36)37)14-21(13-18)31(38,39)40/h8-9,12-17,22,24,27,41H,3-7,10-11H2,1-2H3,(H,47,48)/t16?,17?,22-,24-,27?/m1/s1. The molecule has 1 aliphatic carbocycles. The first kappa shape index (κ1) is 35.3. The lowest BCUT2D eigenvalue weighted by atomic mass is 9.76. The highest BCUT2D eigenvalue weighted by Crippen LogP contribution is 2.48. The number of tetrazole rings is 1. The Bertz CT molecular complexity index is 1580. The Hall–Kier alpha value is -4.05. The number of halogens is 9. The van der Waals surface area contributed by atoms with Crippen LogP contribution in [0.25, 0.3) is 0 Å². The van der Waals surface area contributed by atoms with Crippen LogP contribution >= 0.6 is 0 Å². The number of alkyl halides is 9. The zero-order chi connectivity index (χ0) is 35.2. The largest absolute Gasteiger partial charge is 0.481 e. The molecular weight excluding hydrogens is 659 g/mol. The molecule has 2 N–H and O–H groups in total. The first-order chi connectivity index (χ1) is 22.3. The van der Waals surface area contributed by atoms with Gasteiger partial charge in [-0.25, -0.2) is 0 Å². The van der Waals surface area contributed by atoms with Gasteiger partial charge in [0.2, 0.25) is 5.82 Å². The molecular formula is C31H33F9N6O2. The summed E-state index contributed by atoms with van der Waals surface area (Å²) in [5, 5.41) is 24.4. The van der Waals surface area contributed by atoms with E-state index in [0.29, 0.717) is 50.7 Å². The van der Waals surface area contributed by atoms with Crippen LogP contribution in [0.5, 0.6) is 0 Å². The molecule has 3 aromatic rings. The number of hydrogen-bond acceptors (Lipinski definition) is 6. The number of aliphatic carboxylic acids is 1. The van der Waals surface area contributed by atoms with Crippen molar-refractivity contribution in [3.05, 3.63) is 64.5 Å². The van der Waals surface area contributed by atoms with Gasteiger partial charge in [-0.1, -0.05) is 19.8 Å². The third-order valence-corrected chi connectivity index (χ3v) is 9.18. The summed E-state index contributed by atoms with van der Waals surface area (Å²) in [7, 11) is 1.34. The lowest BCUT2D eigenvalue weighted by molar-refractivity contribution is -0.143. The van der Waals surface area contributed by atoms with Crippen molar-refractivity contribution in [3.63, 3.8) is 0 Å². The fourth-order valence-electron chi connectivity index (χ4n) is 6.93.